The maximum Gasteiger partial charge on any atom is 0.338 e. The van der Waals surface area contributed by atoms with Crippen molar-refractivity contribution in [2.45, 2.75) is 33.4 Å². The standard InChI is InChI=1S/C21H24ClN3O4/c1-13(2)24-21(28)23-11-15-5-7-16(8-6-15)20(27)29-12-19(26)25-18-10-17(22)9-4-14(18)3/h4-10,13H,11-12H2,1-3H3,(H,25,26)(H2,23,24,28). The molecular weight excluding hydrogens is 394 g/mol. The molecule has 154 valence electrons. The zero-order chi connectivity index (χ0) is 21.4. The molecule has 0 aliphatic rings. The van der Waals surface area contributed by atoms with Crippen LogP contribution >= 0.6 is 11.6 Å². The molecule has 0 saturated heterocycles. The third-order valence-electron chi connectivity index (χ3n) is 3.87. The molecule has 0 unspecified atom stereocenters. The van der Waals surface area contributed by atoms with Crippen molar-refractivity contribution in [3.8, 4) is 0 Å². The first-order valence-corrected chi connectivity index (χ1v) is 9.49. The lowest BCUT2D eigenvalue weighted by atomic mass is 10.1. The van der Waals surface area contributed by atoms with Crippen LogP contribution < -0.4 is 16.0 Å². The van der Waals surface area contributed by atoms with E-state index in [1.165, 1.54) is 0 Å². The van der Waals surface area contributed by atoms with Gasteiger partial charge in [0.25, 0.3) is 5.91 Å². The number of aryl methyl sites for hydroxylation is 1. The molecule has 7 nitrogen and oxygen atoms in total. The van der Waals surface area contributed by atoms with E-state index >= 15 is 0 Å². The van der Waals surface area contributed by atoms with Gasteiger partial charge in [-0.25, -0.2) is 9.59 Å². The highest BCUT2D eigenvalue weighted by Crippen LogP contribution is 2.20. The zero-order valence-corrected chi connectivity index (χ0v) is 17.3. The molecule has 2 aromatic rings. The van der Waals surface area contributed by atoms with Gasteiger partial charge in [0.2, 0.25) is 0 Å². The molecule has 2 aromatic carbocycles. The van der Waals surface area contributed by atoms with Crippen LogP contribution in [0.3, 0.4) is 0 Å². The number of ether oxygens (including phenoxy) is 1. The Labute approximate surface area is 174 Å². The largest absolute Gasteiger partial charge is 0.452 e. The third-order valence-corrected chi connectivity index (χ3v) is 4.11. The molecule has 0 aliphatic heterocycles. The fourth-order valence-electron chi connectivity index (χ4n) is 2.38. The minimum Gasteiger partial charge on any atom is -0.452 e. The lowest BCUT2D eigenvalue weighted by molar-refractivity contribution is -0.119. The quantitative estimate of drug-likeness (QED) is 0.599. The number of benzene rings is 2. The summed E-state index contributed by atoms with van der Waals surface area (Å²) in [5.74, 6) is -1.07. The van der Waals surface area contributed by atoms with Gasteiger partial charge < -0.3 is 20.7 Å². The number of hydrogen-bond acceptors (Lipinski definition) is 4. The van der Waals surface area contributed by atoms with Gasteiger partial charge in [0.05, 0.1) is 5.56 Å². The second kappa shape index (κ2) is 10.5. The highest BCUT2D eigenvalue weighted by Gasteiger charge is 2.12. The zero-order valence-electron chi connectivity index (χ0n) is 16.5. The number of rotatable bonds is 7. The van der Waals surface area contributed by atoms with Gasteiger partial charge in [-0.2, -0.15) is 0 Å². The maximum atomic E-state index is 12.1. The summed E-state index contributed by atoms with van der Waals surface area (Å²) in [6.07, 6.45) is 0. The average Bonchev–Trinajstić information content (AvgIpc) is 2.67. The second-order valence-electron chi connectivity index (χ2n) is 6.76. The minimum atomic E-state index is -0.611. The Morgan fingerprint density at radius 2 is 1.76 bits per heavy atom. The van der Waals surface area contributed by atoms with Crippen molar-refractivity contribution in [1.82, 2.24) is 10.6 Å². The summed E-state index contributed by atoms with van der Waals surface area (Å²) >= 11 is 5.92. The lowest BCUT2D eigenvalue weighted by Crippen LogP contribution is -2.39. The number of anilines is 1. The molecule has 2 rings (SSSR count). The summed E-state index contributed by atoms with van der Waals surface area (Å²) < 4.78 is 5.05. The molecule has 8 heteroatoms. The summed E-state index contributed by atoms with van der Waals surface area (Å²) in [5.41, 5.74) is 2.55. The molecule has 0 heterocycles. The first-order valence-electron chi connectivity index (χ1n) is 9.11. The number of amides is 3. The Bertz CT molecular complexity index is 882. The Morgan fingerprint density at radius 3 is 2.41 bits per heavy atom. The van der Waals surface area contributed by atoms with E-state index in [1.54, 1.807) is 42.5 Å². The maximum absolute atomic E-state index is 12.1. The monoisotopic (exact) mass is 417 g/mol. The predicted molar refractivity (Wildman–Crippen MR) is 112 cm³/mol. The summed E-state index contributed by atoms with van der Waals surface area (Å²) in [7, 11) is 0. The van der Waals surface area contributed by atoms with Crippen LogP contribution in [-0.4, -0.2) is 30.6 Å². The Kier molecular flexibility index (Phi) is 8.03. The summed E-state index contributed by atoms with van der Waals surface area (Å²) in [4.78, 5) is 35.7. The van der Waals surface area contributed by atoms with Crippen molar-refractivity contribution >= 4 is 35.2 Å². The lowest BCUT2D eigenvalue weighted by Gasteiger charge is -2.11. The Balaban J connectivity index is 1.82. The van der Waals surface area contributed by atoms with Gasteiger partial charge in [-0.05, 0) is 56.2 Å². The van der Waals surface area contributed by atoms with Gasteiger partial charge in [0.1, 0.15) is 0 Å². The highest BCUT2D eigenvalue weighted by atomic mass is 35.5. The summed E-state index contributed by atoms with van der Waals surface area (Å²) in [5, 5.41) is 8.61. The average molecular weight is 418 g/mol. The third kappa shape index (κ3) is 7.46. The van der Waals surface area contributed by atoms with Crippen molar-refractivity contribution in [1.29, 1.82) is 0 Å². The molecule has 0 aromatic heterocycles. The van der Waals surface area contributed by atoms with E-state index in [0.29, 0.717) is 22.8 Å². The molecule has 0 saturated carbocycles. The number of nitrogens with one attached hydrogen (secondary N) is 3. The first kappa shape index (κ1) is 22.2. The van der Waals surface area contributed by atoms with Gasteiger partial charge in [-0.3, -0.25) is 4.79 Å². The number of carbonyl (C=O) groups excluding carboxylic acids is 3. The Hall–Kier alpha value is -3.06. The van der Waals surface area contributed by atoms with Crippen LogP contribution in [0.25, 0.3) is 0 Å². The van der Waals surface area contributed by atoms with E-state index in [0.717, 1.165) is 11.1 Å². The van der Waals surface area contributed by atoms with E-state index in [9.17, 15) is 14.4 Å². The Morgan fingerprint density at radius 1 is 1.07 bits per heavy atom. The van der Waals surface area contributed by atoms with E-state index in [4.69, 9.17) is 16.3 Å². The van der Waals surface area contributed by atoms with Crippen LogP contribution in [0.1, 0.15) is 35.3 Å². The van der Waals surface area contributed by atoms with E-state index in [2.05, 4.69) is 16.0 Å². The molecular formula is C21H24ClN3O4. The number of halogens is 1. The van der Waals surface area contributed by atoms with Gasteiger partial charge in [0.15, 0.2) is 6.61 Å². The van der Waals surface area contributed by atoms with Gasteiger partial charge in [0, 0.05) is 23.3 Å². The van der Waals surface area contributed by atoms with Crippen molar-refractivity contribution in [3.05, 3.63) is 64.2 Å². The smallest absolute Gasteiger partial charge is 0.338 e. The van der Waals surface area contributed by atoms with Crippen LogP contribution in [0.5, 0.6) is 0 Å². The number of esters is 1. The molecule has 0 atom stereocenters. The van der Waals surface area contributed by atoms with Crippen LogP contribution in [0.4, 0.5) is 10.5 Å². The number of carbonyl (C=O) groups is 3. The van der Waals surface area contributed by atoms with Gasteiger partial charge in [-0.15, -0.1) is 0 Å². The van der Waals surface area contributed by atoms with E-state index in [1.807, 2.05) is 20.8 Å². The normalized spacial score (nSPS) is 10.4. The second-order valence-corrected chi connectivity index (χ2v) is 7.20. The van der Waals surface area contributed by atoms with Crippen molar-refractivity contribution in [2.24, 2.45) is 0 Å². The molecule has 0 aliphatic carbocycles. The molecule has 3 amide bonds. The minimum absolute atomic E-state index is 0.0483. The predicted octanol–water partition coefficient (Wildman–Crippen LogP) is 3.65. The van der Waals surface area contributed by atoms with Crippen molar-refractivity contribution in [2.75, 3.05) is 11.9 Å². The van der Waals surface area contributed by atoms with Crippen LogP contribution in [0, 0.1) is 6.92 Å². The molecule has 0 radical (unpaired) electrons. The number of hydrogen-bond donors (Lipinski definition) is 3. The van der Waals surface area contributed by atoms with Gasteiger partial charge >= 0.3 is 12.0 Å². The molecule has 3 N–H and O–H groups in total. The van der Waals surface area contributed by atoms with Crippen LogP contribution in [0.2, 0.25) is 5.02 Å². The summed E-state index contributed by atoms with van der Waals surface area (Å²) in [6.45, 7) is 5.49. The molecule has 29 heavy (non-hydrogen) atoms. The SMILES string of the molecule is Cc1ccc(Cl)cc1NC(=O)COC(=O)c1ccc(CNC(=O)NC(C)C)cc1. The number of urea groups is 1. The summed E-state index contributed by atoms with van der Waals surface area (Å²) in [6, 6.07) is 11.5. The van der Waals surface area contributed by atoms with Crippen LogP contribution in [0.15, 0.2) is 42.5 Å². The molecule has 0 bridgehead atoms. The van der Waals surface area contributed by atoms with Crippen molar-refractivity contribution in [3.63, 3.8) is 0 Å². The molecule has 0 fully saturated rings. The fraction of sp³-hybridized carbons (Fsp3) is 0.286. The first-order chi connectivity index (χ1) is 13.7. The van der Waals surface area contributed by atoms with E-state index in [-0.39, 0.29) is 12.1 Å². The highest BCUT2D eigenvalue weighted by molar-refractivity contribution is 6.31. The van der Waals surface area contributed by atoms with Crippen LogP contribution in [-0.2, 0) is 16.1 Å². The van der Waals surface area contributed by atoms with E-state index < -0.39 is 18.5 Å². The topological polar surface area (TPSA) is 96.5 Å². The van der Waals surface area contributed by atoms with Crippen molar-refractivity contribution < 1.29 is 19.1 Å². The fourth-order valence-corrected chi connectivity index (χ4v) is 2.56. The molecule has 0 spiro atoms. The van der Waals surface area contributed by atoms with Gasteiger partial charge in [-0.1, -0.05) is 29.8 Å².